The van der Waals surface area contributed by atoms with Crippen molar-refractivity contribution in [2.24, 2.45) is 0 Å². The molecule has 226 valence electrons. The van der Waals surface area contributed by atoms with Crippen LogP contribution in [0.2, 0.25) is 0 Å². The summed E-state index contributed by atoms with van der Waals surface area (Å²) in [4.78, 5) is 16.8. The highest BCUT2D eigenvalue weighted by atomic mass is 19.4. The summed E-state index contributed by atoms with van der Waals surface area (Å²) < 4.78 is 58.0. The molecule has 43 heavy (non-hydrogen) atoms. The summed E-state index contributed by atoms with van der Waals surface area (Å²) in [6.45, 7) is 1.40. The number of nitrogens with zero attached hydrogens (tertiary/aromatic N) is 5. The standard InChI is InChI=1S/C28H26F3N5O7/c1-26(37)16-6-5-15(24-35-21(27(29,30)31)12-36(24)28(38,39)40)9-19(16)42-7-8-43-25-22(23(14-3-4-14)33-13-34-25)18-10-17(26)20(41-2)11-32-18/h5-6,9-14,37-40H,3-4,7-8H2,1-2H3. The molecule has 1 atom stereocenters. The number of halogens is 3. The largest absolute Gasteiger partial charge is 0.495 e. The molecule has 15 heteroatoms. The molecule has 1 unspecified atom stereocenters. The van der Waals surface area contributed by atoms with E-state index in [-0.39, 0.29) is 64.0 Å². The first-order valence-corrected chi connectivity index (χ1v) is 13.2. The molecular weight excluding hydrogens is 575 g/mol. The minimum absolute atomic E-state index is 0.0104. The number of methoxy groups -OCH3 is 1. The number of pyridine rings is 1. The number of aromatic nitrogens is 5. The maximum Gasteiger partial charge on any atom is 0.434 e. The van der Waals surface area contributed by atoms with Crippen LogP contribution < -0.4 is 14.2 Å². The number of benzene rings is 1. The molecule has 4 heterocycles. The second-order valence-electron chi connectivity index (χ2n) is 10.4. The molecule has 12 nitrogen and oxygen atoms in total. The molecular formula is C28H26F3N5O7. The van der Waals surface area contributed by atoms with Gasteiger partial charge in [0.15, 0.2) is 5.69 Å². The second-order valence-corrected chi connectivity index (χ2v) is 10.4. The molecule has 1 aromatic carbocycles. The number of aliphatic hydroxyl groups is 4. The van der Waals surface area contributed by atoms with E-state index in [2.05, 4.69) is 19.9 Å². The maximum absolute atomic E-state index is 13.4. The Bertz CT molecular complexity index is 1700. The number of ether oxygens (including phenoxy) is 3. The van der Waals surface area contributed by atoms with Crippen LogP contribution in [0.3, 0.4) is 0 Å². The van der Waals surface area contributed by atoms with Gasteiger partial charge in [0, 0.05) is 28.8 Å². The van der Waals surface area contributed by atoms with Crippen molar-refractivity contribution in [3.63, 3.8) is 0 Å². The average Bonchev–Trinajstić information content (AvgIpc) is 3.69. The normalized spacial score (nSPS) is 18.8. The van der Waals surface area contributed by atoms with E-state index in [1.807, 2.05) is 0 Å². The zero-order chi connectivity index (χ0) is 30.7. The van der Waals surface area contributed by atoms with Crippen LogP contribution in [0.1, 0.15) is 48.2 Å². The van der Waals surface area contributed by atoms with E-state index in [1.54, 1.807) is 6.07 Å². The van der Waals surface area contributed by atoms with Gasteiger partial charge in [0.25, 0.3) is 0 Å². The Labute approximate surface area is 242 Å². The topological polar surface area (TPSA) is 165 Å². The Morgan fingerprint density at radius 1 is 1.02 bits per heavy atom. The van der Waals surface area contributed by atoms with Gasteiger partial charge in [-0.15, -0.1) is 0 Å². The number of imidazole rings is 1. The molecule has 3 aromatic heterocycles. The van der Waals surface area contributed by atoms with Crippen molar-refractivity contribution in [1.82, 2.24) is 24.5 Å². The summed E-state index contributed by atoms with van der Waals surface area (Å²) in [6, 6.07) is 5.59. The second kappa shape index (κ2) is 10.2. The zero-order valence-electron chi connectivity index (χ0n) is 22.8. The van der Waals surface area contributed by atoms with Crippen LogP contribution in [0.25, 0.3) is 22.6 Å². The first-order chi connectivity index (χ1) is 20.3. The van der Waals surface area contributed by atoms with Gasteiger partial charge < -0.3 is 34.6 Å². The van der Waals surface area contributed by atoms with E-state index in [1.165, 1.54) is 44.8 Å². The molecule has 1 aliphatic carbocycles. The average molecular weight is 602 g/mol. The highest BCUT2D eigenvalue weighted by molar-refractivity contribution is 5.71. The third kappa shape index (κ3) is 5.24. The summed E-state index contributed by atoms with van der Waals surface area (Å²) in [5.74, 6) is 0.109. The van der Waals surface area contributed by atoms with Crippen molar-refractivity contribution < 1.29 is 47.8 Å². The maximum atomic E-state index is 13.4. The Hall–Kier alpha value is -4.31. The van der Waals surface area contributed by atoms with Gasteiger partial charge in [-0.1, -0.05) is 12.1 Å². The lowest BCUT2D eigenvalue weighted by atomic mass is 9.86. The smallest absolute Gasteiger partial charge is 0.434 e. The predicted molar refractivity (Wildman–Crippen MR) is 141 cm³/mol. The third-order valence-electron chi connectivity index (χ3n) is 7.34. The van der Waals surface area contributed by atoms with Crippen molar-refractivity contribution in [3.8, 4) is 40.0 Å². The third-order valence-corrected chi connectivity index (χ3v) is 7.34. The molecule has 4 N–H and O–H groups in total. The van der Waals surface area contributed by atoms with Gasteiger partial charge in [0.05, 0.1) is 30.3 Å². The molecule has 0 radical (unpaired) electrons. The number of hydrogen-bond donors (Lipinski definition) is 4. The van der Waals surface area contributed by atoms with Crippen molar-refractivity contribution >= 4 is 0 Å². The van der Waals surface area contributed by atoms with E-state index < -0.39 is 29.4 Å². The van der Waals surface area contributed by atoms with E-state index in [9.17, 15) is 33.6 Å². The number of hydrogen-bond acceptors (Lipinski definition) is 11. The van der Waals surface area contributed by atoms with Crippen molar-refractivity contribution in [3.05, 3.63) is 65.5 Å². The molecule has 0 spiro atoms. The van der Waals surface area contributed by atoms with Gasteiger partial charge in [-0.3, -0.25) is 9.55 Å². The molecule has 2 bridgehead atoms. The summed E-state index contributed by atoms with van der Waals surface area (Å²) in [5.41, 5.74) is -1.08. The molecule has 6 rings (SSSR count). The van der Waals surface area contributed by atoms with Gasteiger partial charge in [0.1, 0.15) is 42.5 Å². The highest BCUT2D eigenvalue weighted by Gasteiger charge is 2.39. The van der Waals surface area contributed by atoms with E-state index in [0.717, 1.165) is 18.5 Å². The van der Waals surface area contributed by atoms with Crippen LogP contribution in [0.4, 0.5) is 13.2 Å². The first kappa shape index (κ1) is 28.8. The highest BCUT2D eigenvalue weighted by Crippen LogP contribution is 2.47. The van der Waals surface area contributed by atoms with Gasteiger partial charge in [-0.2, -0.15) is 13.2 Å². The van der Waals surface area contributed by atoms with E-state index >= 15 is 0 Å². The minimum Gasteiger partial charge on any atom is -0.495 e. The van der Waals surface area contributed by atoms with Gasteiger partial charge in [-0.25, -0.2) is 15.0 Å². The molecule has 4 aromatic rings. The van der Waals surface area contributed by atoms with Gasteiger partial charge in [-0.05, 0) is 31.9 Å². The van der Waals surface area contributed by atoms with Crippen molar-refractivity contribution in [1.29, 1.82) is 0 Å². The monoisotopic (exact) mass is 601 g/mol. The fraction of sp³-hybridized carbons (Fsp3) is 0.357. The van der Waals surface area contributed by atoms with Crippen LogP contribution >= 0.6 is 0 Å². The molecule has 2 aliphatic rings. The molecule has 1 aliphatic heterocycles. The fourth-order valence-electron chi connectivity index (χ4n) is 5.09. The minimum atomic E-state index is -4.95. The van der Waals surface area contributed by atoms with Crippen LogP contribution in [-0.4, -0.2) is 65.3 Å². The number of alkyl halides is 3. The van der Waals surface area contributed by atoms with Gasteiger partial charge >= 0.3 is 12.3 Å². The fourth-order valence-corrected chi connectivity index (χ4v) is 5.09. The summed E-state index contributed by atoms with van der Waals surface area (Å²) in [7, 11) is 1.42. The van der Waals surface area contributed by atoms with Crippen molar-refractivity contribution in [2.45, 2.75) is 43.6 Å². The summed E-state index contributed by atoms with van der Waals surface area (Å²) >= 11 is 0. The summed E-state index contributed by atoms with van der Waals surface area (Å²) in [5, 5.41) is 41.3. The van der Waals surface area contributed by atoms with Crippen LogP contribution in [0.5, 0.6) is 17.4 Å². The Morgan fingerprint density at radius 2 is 1.77 bits per heavy atom. The Balaban J connectivity index is 1.53. The van der Waals surface area contributed by atoms with Gasteiger partial charge in [0.2, 0.25) is 5.88 Å². The lowest BCUT2D eigenvalue weighted by Crippen LogP contribution is -2.32. The van der Waals surface area contributed by atoms with Crippen LogP contribution in [-0.2, 0) is 17.9 Å². The molecule has 0 saturated heterocycles. The van der Waals surface area contributed by atoms with Crippen LogP contribution in [0, 0.1) is 0 Å². The summed E-state index contributed by atoms with van der Waals surface area (Å²) in [6.07, 6.45) is -3.62. The number of fused-ring (bicyclic) bond motifs is 5. The van der Waals surface area contributed by atoms with Crippen molar-refractivity contribution in [2.75, 3.05) is 20.3 Å². The molecule has 1 fully saturated rings. The SMILES string of the molecule is COc1cnc2cc1C(C)(O)c1ccc(-c3nc(C(F)(F)F)cn3C(O)(O)O)cc1OCCOc1ncnc(C3CC3)c1-2. The van der Waals surface area contributed by atoms with E-state index in [4.69, 9.17) is 14.2 Å². The predicted octanol–water partition coefficient (Wildman–Crippen LogP) is 2.88. The molecule has 0 amide bonds. The number of rotatable bonds is 4. The van der Waals surface area contributed by atoms with E-state index in [0.29, 0.717) is 11.3 Å². The zero-order valence-corrected chi connectivity index (χ0v) is 22.8. The Kier molecular flexibility index (Phi) is 6.80. The lowest BCUT2D eigenvalue weighted by Gasteiger charge is -2.29. The quantitative estimate of drug-likeness (QED) is 0.254. The first-order valence-electron chi connectivity index (χ1n) is 13.2. The Morgan fingerprint density at radius 3 is 2.44 bits per heavy atom. The van der Waals surface area contributed by atoms with Crippen LogP contribution in [0.15, 0.2) is 43.0 Å². The lowest BCUT2D eigenvalue weighted by molar-refractivity contribution is -0.374. The molecule has 1 saturated carbocycles.